The smallest absolute Gasteiger partial charge is 0.178 e. The lowest BCUT2D eigenvalue weighted by atomic mass is 9.96. The fourth-order valence-electron chi connectivity index (χ4n) is 3.69. The van der Waals surface area contributed by atoms with Gasteiger partial charge in [-0.3, -0.25) is 9.30 Å². The Labute approximate surface area is 169 Å². The van der Waals surface area contributed by atoms with E-state index in [1.807, 2.05) is 45.4 Å². The van der Waals surface area contributed by atoms with Crippen LogP contribution in [0.1, 0.15) is 32.4 Å². The molecular weight excluding hydrogens is 366 g/mol. The number of pyridine rings is 1. The molecule has 1 aliphatic heterocycles. The van der Waals surface area contributed by atoms with Crippen LogP contribution in [-0.2, 0) is 12.0 Å². The summed E-state index contributed by atoms with van der Waals surface area (Å²) in [7, 11) is 2.14. The highest BCUT2D eigenvalue weighted by atomic mass is 15.4. The molecule has 9 nitrogen and oxygen atoms in total. The first-order valence-electron chi connectivity index (χ1n) is 9.87. The number of hydrogen-bond donors (Lipinski definition) is 0. The van der Waals surface area contributed by atoms with Crippen molar-refractivity contribution in [3.05, 3.63) is 48.2 Å². The van der Waals surface area contributed by atoms with Crippen molar-refractivity contribution >= 4 is 17.1 Å². The third-order valence-corrected chi connectivity index (χ3v) is 5.50. The average Bonchev–Trinajstić information content (AvgIpc) is 3.24. The molecule has 4 aromatic heterocycles. The Kier molecular flexibility index (Phi) is 4.02. The number of nitrogens with zero attached hydrogens (tertiary/aromatic N) is 9. The van der Waals surface area contributed by atoms with E-state index in [-0.39, 0.29) is 5.41 Å². The third kappa shape index (κ3) is 3.11. The van der Waals surface area contributed by atoms with Gasteiger partial charge in [0, 0.05) is 30.7 Å². The van der Waals surface area contributed by atoms with Crippen molar-refractivity contribution in [2.24, 2.45) is 0 Å². The van der Waals surface area contributed by atoms with Gasteiger partial charge in [-0.25, -0.2) is 0 Å². The lowest BCUT2D eigenvalue weighted by molar-refractivity contribution is 0.191. The minimum absolute atomic E-state index is 0.107. The van der Waals surface area contributed by atoms with Crippen molar-refractivity contribution in [2.45, 2.75) is 38.8 Å². The van der Waals surface area contributed by atoms with Crippen molar-refractivity contribution in [1.29, 1.82) is 0 Å². The Morgan fingerprint density at radius 3 is 2.59 bits per heavy atom. The Bertz CT molecular complexity index is 1160. The summed E-state index contributed by atoms with van der Waals surface area (Å²) in [6.07, 6.45) is 2.01. The first-order chi connectivity index (χ1) is 13.9. The first-order valence-corrected chi connectivity index (χ1v) is 9.87. The van der Waals surface area contributed by atoms with Crippen molar-refractivity contribution in [2.75, 3.05) is 25.0 Å². The lowest BCUT2D eigenvalue weighted by Crippen LogP contribution is -2.58. The molecule has 0 unspecified atom stereocenters. The Morgan fingerprint density at radius 2 is 1.79 bits per heavy atom. The van der Waals surface area contributed by atoms with Gasteiger partial charge >= 0.3 is 0 Å². The summed E-state index contributed by atoms with van der Waals surface area (Å²) in [6.45, 7) is 9.00. The van der Waals surface area contributed by atoms with E-state index in [1.54, 1.807) is 0 Å². The molecule has 5 heterocycles. The van der Waals surface area contributed by atoms with Gasteiger partial charge in [0.15, 0.2) is 22.9 Å². The van der Waals surface area contributed by atoms with E-state index in [1.165, 1.54) is 0 Å². The average molecular weight is 391 g/mol. The van der Waals surface area contributed by atoms with Crippen molar-refractivity contribution < 1.29 is 0 Å². The van der Waals surface area contributed by atoms with E-state index in [2.05, 4.69) is 58.0 Å². The molecule has 0 aliphatic carbocycles. The summed E-state index contributed by atoms with van der Waals surface area (Å²) in [5.41, 5.74) is 1.56. The molecule has 1 fully saturated rings. The van der Waals surface area contributed by atoms with Crippen LogP contribution >= 0.6 is 0 Å². The Morgan fingerprint density at radius 1 is 1.00 bits per heavy atom. The van der Waals surface area contributed by atoms with Gasteiger partial charge in [0.2, 0.25) is 0 Å². The molecule has 29 heavy (non-hydrogen) atoms. The van der Waals surface area contributed by atoms with Crippen LogP contribution in [-0.4, -0.2) is 65.5 Å². The molecule has 0 N–H and O–H groups in total. The van der Waals surface area contributed by atoms with Gasteiger partial charge in [-0.2, -0.15) is 4.52 Å². The maximum atomic E-state index is 4.81. The quantitative estimate of drug-likeness (QED) is 0.525. The largest absolute Gasteiger partial charge is 0.352 e. The molecule has 0 amide bonds. The molecule has 4 aromatic rings. The molecule has 0 spiro atoms. The van der Waals surface area contributed by atoms with Crippen molar-refractivity contribution in [3.63, 3.8) is 0 Å². The zero-order chi connectivity index (χ0) is 20.2. The normalized spacial score (nSPS) is 15.6. The molecule has 1 aliphatic rings. The van der Waals surface area contributed by atoms with Crippen molar-refractivity contribution in [1.82, 2.24) is 39.3 Å². The Hall–Kier alpha value is -3.07. The fraction of sp³-hybridized carbons (Fsp3) is 0.450. The predicted molar refractivity (Wildman–Crippen MR) is 110 cm³/mol. The summed E-state index contributed by atoms with van der Waals surface area (Å²) >= 11 is 0. The summed E-state index contributed by atoms with van der Waals surface area (Å²) in [5.74, 6) is 2.79. The van der Waals surface area contributed by atoms with Gasteiger partial charge < -0.3 is 4.90 Å². The number of likely N-dealkylation sites (N-methyl/N-ethyl adjacent to an activating group) is 1. The van der Waals surface area contributed by atoms with E-state index >= 15 is 0 Å². The van der Waals surface area contributed by atoms with Crippen LogP contribution in [0.2, 0.25) is 0 Å². The number of hydrogen-bond acceptors (Lipinski definition) is 7. The third-order valence-electron chi connectivity index (χ3n) is 5.50. The minimum Gasteiger partial charge on any atom is -0.352 e. The highest BCUT2D eigenvalue weighted by Gasteiger charge is 2.32. The zero-order valence-electron chi connectivity index (χ0n) is 17.2. The molecule has 0 aromatic carbocycles. The summed E-state index contributed by atoms with van der Waals surface area (Å²) in [6, 6.07) is 10.4. The molecule has 0 saturated carbocycles. The second-order valence-corrected chi connectivity index (χ2v) is 8.75. The van der Waals surface area contributed by atoms with E-state index in [0.29, 0.717) is 6.04 Å². The summed E-state index contributed by atoms with van der Waals surface area (Å²) in [4.78, 5) is 4.62. The summed E-state index contributed by atoms with van der Waals surface area (Å²) < 4.78 is 3.91. The maximum Gasteiger partial charge on any atom is 0.178 e. The topological polar surface area (TPSA) is 79.8 Å². The highest BCUT2D eigenvalue weighted by Crippen LogP contribution is 2.25. The fourth-order valence-corrected chi connectivity index (χ4v) is 3.69. The highest BCUT2D eigenvalue weighted by molar-refractivity contribution is 5.48. The van der Waals surface area contributed by atoms with Crippen LogP contribution in [0.25, 0.3) is 11.3 Å². The molecular formula is C20H25N9. The van der Waals surface area contributed by atoms with Crippen LogP contribution < -0.4 is 4.90 Å². The number of fused-ring (bicyclic) bond motifs is 2. The van der Waals surface area contributed by atoms with Crippen LogP contribution in [0.4, 0.5) is 5.82 Å². The number of rotatable bonds is 4. The second-order valence-electron chi connectivity index (χ2n) is 8.75. The van der Waals surface area contributed by atoms with Crippen LogP contribution in [0.5, 0.6) is 0 Å². The molecule has 1 saturated heterocycles. The van der Waals surface area contributed by atoms with Crippen molar-refractivity contribution in [3.8, 4) is 0 Å². The van der Waals surface area contributed by atoms with E-state index < -0.39 is 0 Å². The van der Waals surface area contributed by atoms with Gasteiger partial charge in [0.25, 0.3) is 0 Å². The lowest BCUT2D eigenvalue weighted by Gasteiger charge is -2.44. The van der Waals surface area contributed by atoms with Gasteiger partial charge in [-0.05, 0) is 31.3 Å². The van der Waals surface area contributed by atoms with Gasteiger partial charge in [0.05, 0.1) is 6.54 Å². The van der Waals surface area contributed by atoms with Gasteiger partial charge in [-0.15, -0.1) is 25.5 Å². The van der Waals surface area contributed by atoms with E-state index in [4.69, 9.17) is 5.10 Å². The van der Waals surface area contributed by atoms with E-state index in [0.717, 1.165) is 48.4 Å². The van der Waals surface area contributed by atoms with Crippen LogP contribution in [0.15, 0.2) is 36.5 Å². The maximum absolute atomic E-state index is 4.81. The summed E-state index contributed by atoms with van der Waals surface area (Å²) in [5, 5.41) is 22.0. The van der Waals surface area contributed by atoms with Gasteiger partial charge in [0.1, 0.15) is 5.82 Å². The standard InChI is InChI=1S/C20H25N9/c1-20(2,3)19-24-22-16-8-9-17(25-29(16)19)27-11-14(12-27)26(4)13-18-23-21-15-7-5-6-10-28(15)18/h5-10,14H,11-13H2,1-4H3. The van der Waals surface area contributed by atoms with E-state index in [9.17, 15) is 0 Å². The number of anilines is 1. The molecule has 0 radical (unpaired) electrons. The van der Waals surface area contributed by atoms with Crippen LogP contribution in [0.3, 0.4) is 0 Å². The van der Waals surface area contributed by atoms with Crippen LogP contribution in [0, 0.1) is 0 Å². The Balaban J connectivity index is 1.29. The minimum atomic E-state index is -0.107. The SMILES string of the molecule is CN(Cc1nnc2ccccn12)C1CN(c2ccc3nnc(C(C)(C)C)n3n2)C1. The molecule has 9 heteroatoms. The predicted octanol–water partition coefficient (Wildman–Crippen LogP) is 1.79. The molecule has 5 rings (SSSR count). The molecule has 150 valence electrons. The monoisotopic (exact) mass is 391 g/mol. The first kappa shape index (κ1) is 18.0. The van der Waals surface area contributed by atoms with Gasteiger partial charge in [-0.1, -0.05) is 26.8 Å². The molecule has 0 bridgehead atoms. The zero-order valence-corrected chi connectivity index (χ0v) is 17.2. The molecule has 0 atom stereocenters. The number of aromatic nitrogens is 7. The second kappa shape index (κ2) is 6.48.